The molecular formula is C25H24F6N4O4S. The molecule has 0 amide bonds. The van der Waals surface area contributed by atoms with Gasteiger partial charge in [0.05, 0.1) is 23.6 Å². The van der Waals surface area contributed by atoms with Crippen molar-refractivity contribution in [3.05, 3.63) is 76.5 Å². The highest BCUT2D eigenvalue weighted by molar-refractivity contribution is 7.07. The van der Waals surface area contributed by atoms with Crippen molar-refractivity contribution in [2.24, 2.45) is 0 Å². The van der Waals surface area contributed by atoms with E-state index < -0.39 is 24.3 Å². The second-order valence-corrected chi connectivity index (χ2v) is 9.81. The van der Waals surface area contributed by atoms with Crippen molar-refractivity contribution in [2.75, 3.05) is 24.5 Å². The summed E-state index contributed by atoms with van der Waals surface area (Å²) in [6.45, 7) is 5.17. The van der Waals surface area contributed by atoms with Crippen LogP contribution in [-0.2, 0) is 28.1 Å². The second-order valence-electron chi connectivity index (χ2n) is 9.03. The van der Waals surface area contributed by atoms with Gasteiger partial charge in [0, 0.05) is 37.4 Å². The highest BCUT2D eigenvalue weighted by Gasteiger charge is 2.48. The minimum atomic E-state index is -5.08. The van der Waals surface area contributed by atoms with Crippen LogP contribution in [0.2, 0.25) is 0 Å². The Morgan fingerprint density at radius 3 is 2.10 bits per heavy atom. The van der Waals surface area contributed by atoms with Crippen LogP contribution in [0, 0.1) is 0 Å². The first-order chi connectivity index (χ1) is 18.7. The summed E-state index contributed by atoms with van der Waals surface area (Å²) in [5.74, 6) is -5.51. The maximum Gasteiger partial charge on any atom is 0.490 e. The molecule has 0 aromatic carbocycles. The van der Waals surface area contributed by atoms with E-state index in [0.29, 0.717) is 0 Å². The number of nitrogens with zero attached hydrogens (tertiary/aromatic N) is 4. The van der Waals surface area contributed by atoms with Crippen molar-refractivity contribution in [3.8, 4) is 0 Å². The number of rotatable bonds is 4. The average Bonchev–Trinajstić information content (AvgIpc) is 3.61. The lowest BCUT2D eigenvalue weighted by Gasteiger charge is -2.25. The topological polar surface area (TPSA) is 107 Å². The largest absolute Gasteiger partial charge is 0.490 e. The van der Waals surface area contributed by atoms with E-state index in [1.165, 1.54) is 23.4 Å². The van der Waals surface area contributed by atoms with E-state index in [1.54, 1.807) is 11.3 Å². The second kappa shape index (κ2) is 12.6. The van der Waals surface area contributed by atoms with Gasteiger partial charge < -0.3 is 15.1 Å². The summed E-state index contributed by atoms with van der Waals surface area (Å²) in [5.41, 5.74) is 5.27. The summed E-state index contributed by atoms with van der Waals surface area (Å²) in [5, 5.41) is 18.7. The molecule has 5 rings (SSSR count). The lowest BCUT2D eigenvalue weighted by Crippen LogP contribution is -2.36. The van der Waals surface area contributed by atoms with Gasteiger partial charge in [0.15, 0.2) is 0 Å². The van der Waals surface area contributed by atoms with Gasteiger partial charge in [-0.2, -0.15) is 37.7 Å². The van der Waals surface area contributed by atoms with E-state index in [9.17, 15) is 26.3 Å². The minimum absolute atomic E-state index is 0.154. The van der Waals surface area contributed by atoms with Crippen LogP contribution in [-0.4, -0.2) is 69.0 Å². The van der Waals surface area contributed by atoms with Gasteiger partial charge in [0.1, 0.15) is 0 Å². The molecule has 1 fully saturated rings. The molecule has 8 nitrogen and oxygen atoms in total. The molecule has 5 heterocycles. The fourth-order valence-electron chi connectivity index (χ4n) is 4.47. The number of fused-ring (bicyclic) bond motifs is 2. The van der Waals surface area contributed by atoms with Gasteiger partial charge in [-0.15, -0.1) is 0 Å². The standard InChI is InChI=1S/C21H22N4S.2C2HF3O2/c1-2-8-22-18(4-1)13-25-16-21(20-19(25)5-3-9-23-20)7-10-24(15-21)12-17-6-11-26-14-17;2*3-2(4,5)1(6)7/h1-6,8-9,11,14H,7,10,12-13,15-16H2;2*(H,6,7). The fraction of sp³-hybridized carbons (Fsp3) is 0.360. The molecule has 0 radical (unpaired) electrons. The molecule has 2 aliphatic heterocycles. The van der Waals surface area contributed by atoms with Crippen LogP contribution >= 0.6 is 11.3 Å². The van der Waals surface area contributed by atoms with E-state index in [0.717, 1.165) is 38.4 Å². The van der Waals surface area contributed by atoms with Crippen molar-refractivity contribution in [1.29, 1.82) is 0 Å². The molecule has 216 valence electrons. The third-order valence-electron chi connectivity index (χ3n) is 6.11. The number of pyridine rings is 2. The predicted molar refractivity (Wildman–Crippen MR) is 133 cm³/mol. The highest BCUT2D eigenvalue weighted by atomic mass is 32.1. The van der Waals surface area contributed by atoms with E-state index in [2.05, 4.69) is 55.9 Å². The van der Waals surface area contributed by atoms with Gasteiger partial charge in [-0.25, -0.2) is 9.59 Å². The number of anilines is 1. The molecule has 15 heteroatoms. The van der Waals surface area contributed by atoms with Crippen molar-refractivity contribution in [1.82, 2.24) is 14.9 Å². The Labute approximate surface area is 228 Å². The molecule has 1 unspecified atom stereocenters. The summed E-state index contributed by atoms with van der Waals surface area (Å²) in [4.78, 5) is 32.2. The smallest absolute Gasteiger partial charge is 0.475 e. The van der Waals surface area contributed by atoms with Crippen molar-refractivity contribution < 1.29 is 46.1 Å². The molecular weight excluding hydrogens is 566 g/mol. The maximum atomic E-state index is 10.6. The maximum absolute atomic E-state index is 10.6. The molecule has 1 atom stereocenters. The van der Waals surface area contributed by atoms with Gasteiger partial charge in [-0.1, -0.05) is 6.07 Å². The zero-order valence-corrected chi connectivity index (χ0v) is 21.5. The Bertz CT molecular complexity index is 1250. The van der Waals surface area contributed by atoms with Crippen molar-refractivity contribution in [2.45, 2.75) is 37.3 Å². The summed E-state index contributed by atoms with van der Waals surface area (Å²) >= 11 is 1.78. The molecule has 2 aliphatic rings. The quantitative estimate of drug-likeness (QED) is 0.411. The number of carbonyl (C=O) groups is 2. The van der Waals surface area contributed by atoms with Gasteiger partial charge >= 0.3 is 24.3 Å². The Hall–Kier alpha value is -3.72. The Morgan fingerprint density at radius 1 is 0.900 bits per heavy atom. The normalized spacial score (nSPS) is 18.4. The lowest BCUT2D eigenvalue weighted by molar-refractivity contribution is -0.193. The Morgan fingerprint density at radius 2 is 1.55 bits per heavy atom. The molecule has 1 saturated heterocycles. The molecule has 0 bridgehead atoms. The number of carboxylic acids is 2. The zero-order chi connectivity index (χ0) is 29.6. The van der Waals surface area contributed by atoms with E-state index in [1.807, 2.05) is 18.5 Å². The number of hydrogen-bond acceptors (Lipinski definition) is 7. The number of alkyl halides is 6. The number of aromatic nitrogens is 2. The third-order valence-corrected chi connectivity index (χ3v) is 6.84. The Balaban J connectivity index is 0.000000263. The van der Waals surface area contributed by atoms with Crippen LogP contribution in [0.4, 0.5) is 32.0 Å². The number of halogens is 6. The third kappa shape index (κ3) is 8.14. The molecule has 1 spiro atoms. The minimum Gasteiger partial charge on any atom is -0.475 e. The SMILES string of the molecule is O=C(O)C(F)(F)F.O=C(O)C(F)(F)F.c1ccc(CN2CC3(CCN(Cc4ccsc4)C3)c3ncccc32)nc1. The predicted octanol–water partition coefficient (Wildman–Crippen LogP) is 4.97. The summed E-state index contributed by atoms with van der Waals surface area (Å²) in [6.07, 6.45) is -5.16. The number of hydrogen-bond donors (Lipinski definition) is 2. The van der Waals surface area contributed by atoms with Crippen LogP contribution in [0.5, 0.6) is 0 Å². The summed E-state index contributed by atoms with van der Waals surface area (Å²) < 4.78 is 63.5. The zero-order valence-electron chi connectivity index (χ0n) is 20.7. The molecule has 40 heavy (non-hydrogen) atoms. The van der Waals surface area contributed by atoms with Crippen molar-refractivity contribution >= 4 is 29.0 Å². The van der Waals surface area contributed by atoms with E-state index in [4.69, 9.17) is 24.8 Å². The number of thiophene rings is 1. The van der Waals surface area contributed by atoms with E-state index >= 15 is 0 Å². The fourth-order valence-corrected chi connectivity index (χ4v) is 5.13. The highest BCUT2D eigenvalue weighted by Crippen LogP contribution is 2.45. The van der Waals surface area contributed by atoms with Crippen LogP contribution in [0.15, 0.2) is 59.6 Å². The lowest BCUT2D eigenvalue weighted by atomic mass is 9.85. The van der Waals surface area contributed by atoms with Gasteiger partial charge in [-0.3, -0.25) is 14.9 Å². The van der Waals surface area contributed by atoms with Gasteiger partial charge in [0.2, 0.25) is 0 Å². The molecule has 3 aromatic rings. The summed E-state index contributed by atoms with van der Waals surface area (Å²) in [7, 11) is 0. The molecule has 0 aliphatic carbocycles. The van der Waals surface area contributed by atoms with Crippen LogP contribution < -0.4 is 4.90 Å². The number of carboxylic acid groups (broad SMARTS) is 2. The monoisotopic (exact) mass is 590 g/mol. The van der Waals surface area contributed by atoms with Crippen LogP contribution in [0.1, 0.15) is 23.4 Å². The number of aliphatic carboxylic acids is 2. The molecule has 0 saturated carbocycles. The van der Waals surface area contributed by atoms with Crippen LogP contribution in [0.3, 0.4) is 0 Å². The van der Waals surface area contributed by atoms with Gasteiger partial charge in [0.25, 0.3) is 0 Å². The number of likely N-dealkylation sites (tertiary alicyclic amines) is 1. The summed E-state index contributed by atoms with van der Waals surface area (Å²) in [6, 6.07) is 12.7. The first-order valence-electron chi connectivity index (χ1n) is 11.7. The van der Waals surface area contributed by atoms with Gasteiger partial charge in [-0.05, 0) is 59.6 Å². The van der Waals surface area contributed by atoms with E-state index in [-0.39, 0.29) is 5.41 Å². The van der Waals surface area contributed by atoms with Crippen LogP contribution in [0.25, 0.3) is 0 Å². The first-order valence-corrected chi connectivity index (χ1v) is 12.6. The average molecular weight is 591 g/mol. The molecule has 3 aromatic heterocycles. The van der Waals surface area contributed by atoms with Crippen molar-refractivity contribution in [3.63, 3.8) is 0 Å². The molecule has 2 N–H and O–H groups in total. The Kier molecular flexibility index (Phi) is 9.73. The first kappa shape index (κ1) is 30.8.